The summed E-state index contributed by atoms with van der Waals surface area (Å²) in [6, 6.07) is 0. The predicted molar refractivity (Wildman–Crippen MR) is 78.5 cm³/mol. The lowest BCUT2D eigenvalue weighted by Gasteiger charge is -2.63. The molecule has 0 spiro atoms. The molecule has 0 radical (unpaired) electrons. The molecule has 0 amide bonds. The number of hydrogen-bond acceptors (Lipinski definition) is 1. The second-order valence-electron chi connectivity index (χ2n) is 7.28. The van der Waals surface area contributed by atoms with Gasteiger partial charge < -0.3 is 5.73 Å². The van der Waals surface area contributed by atoms with E-state index in [1.54, 1.807) is 0 Å². The van der Waals surface area contributed by atoms with Crippen molar-refractivity contribution in [3.05, 3.63) is 24.3 Å². The Morgan fingerprint density at radius 1 is 0.944 bits per heavy atom. The Morgan fingerprint density at radius 2 is 1.50 bits per heavy atom. The first kappa shape index (κ1) is 11.7. The Kier molecular flexibility index (Phi) is 2.43. The van der Waals surface area contributed by atoms with Crippen LogP contribution in [0.2, 0.25) is 0 Å². The van der Waals surface area contributed by atoms with Crippen molar-refractivity contribution in [1.82, 2.24) is 0 Å². The third-order valence-corrected chi connectivity index (χ3v) is 7.24. The molecule has 0 aromatic heterocycles. The van der Waals surface area contributed by atoms with Gasteiger partial charge in [0, 0.05) is 0 Å². The average molecular weight is 308 g/mol. The third kappa shape index (κ3) is 1.42. The van der Waals surface area contributed by atoms with Gasteiger partial charge in [-0.05, 0) is 61.7 Å². The number of rotatable bonds is 1. The molecular weight excluding hydrogens is 286 g/mol. The molecule has 0 aromatic rings. The largest absolute Gasteiger partial charge is 0.320 e. The Labute approximate surface area is 118 Å². The second-order valence-corrected chi connectivity index (χ2v) is 8.26. The average Bonchev–Trinajstić information content (AvgIpc) is 2.31. The smallest absolute Gasteiger partial charge is 0.0562 e. The van der Waals surface area contributed by atoms with Crippen LogP contribution >= 0.6 is 15.9 Å². The van der Waals surface area contributed by atoms with E-state index in [1.807, 2.05) is 0 Å². The van der Waals surface area contributed by atoms with Crippen molar-refractivity contribution in [2.75, 3.05) is 0 Å². The molecule has 4 bridgehead atoms. The summed E-state index contributed by atoms with van der Waals surface area (Å²) < 4.78 is 0. The summed E-state index contributed by atoms with van der Waals surface area (Å²) in [6.07, 6.45) is 17.4. The van der Waals surface area contributed by atoms with Crippen LogP contribution in [0.25, 0.3) is 0 Å². The van der Waals surface area contributed by atoms with E-state index < -0.39 is 0 Å². The van der Waals surface area contributed by atoms with Gasteiger partial charge in [0.15, 0.2) is 0 Å². The molecule has 0 heterocycles. The van der Waals surface area contributed by atoms with Gasteiger partial charge >= 0.3 is 0 Å². The molecule has 5 aliphatic carbocycles. The normalized spacial score (nSPS) is 57.2. The topological polar surface area (TPSA) is 26.0 Å². The fourth-order valence-electron chi connectivity index (χ4n) is 5.74. The molecule has 5 aliphatic rings. The number of halogens is 1. The van der Waals surface area contributed by atoms with E-state index in [1.165, 1.54) is 38.5 Å². The minimum absolute atomic E-state index is 0.155. The van der Waals surface area contributed by atoms with E-state index in [0.29, 0.717) is 10.2 Å². The number of nitrogens with two attached hydrogens (primary N) is 1. The lowest BCUT2D eigenvalue weighted by molar-refractivity contribution is -0.0833. The maximum atomic E-state index is 6.92. The molecule has 98 valence electrons. The van der Waals surface area contributed by atoms with Crippen molar-refractivity contribution >= 4 is 15.9 Å². The van der Waals surface area contributed by atoms with Gasteiger partial charge in [0.25, 0.3) is 0 Å². The third-order valence-electron chi connectivity index (χ3n) is 6.18. The standard InChI is InChI=1S/C16H22BrN/c17-14-3-1-2-4-16(14,18)15-8-11-5-12(9-15)7-13(6-11)10-15/h1-4,11-14H,5-10,18H2. The van der Waals surface area contributed by atoms with Crippen molar-refractivity contribution in [2.24, 2.45) is 28.9 Å². The fourth-order valence-corrected chi connectivity index (χ4v) is 6.55. The van der Waals surface area contributed by atoms with E-state index in [2.05, 4.69) is 40.2 Å². The van der Waals surface area contributed by atoms with Gasteiger partial charge in [-0.3, -0.25) is 0 Å². The van der Waals surface area contributed by atoms with Gasteiger partial charge in [-0.15, -0.1) is 0 Å². The molecule has 2 heteroatoms. The molecule has 2 atom stereocenters. The van der Waals surface area contributed by atoms with Crippen LogP contribution in [0.15, 0.2) is 24.3 Å². The van der Waals surface area contributed by atoms with E-state index in [-0.39, 0.29) is 5.54 Å². The molecule has 0 saturated heterocycles. The second kappa shape index (κ2) is 3.73. The SMILES string of the molecule is NC1(C23CC4CC(CC(C4)C2)C3)C=CC=CC1Br. The molecule has 4 saturated carbocycles. The van der Waals surface area contributed by atoms with Gasteiger partial charge in [0.1, 0.15) is 0 Å². The first-order valence-electron chi connectivity index (χ1n) is 7.40. The highest BCUT2D eigenvalue weighted by Crippen LogP contribution is 2.64. The Morgan fingerprint density at radius 3 is 2.00 bits per heavy atom. The van der Waals surface area contributed by atoms with Crippen molar-refractivity contribution < 1.29 is 0 Å². The predicted octanol–water partition coefficient (Wildman–Crippen LogP) is 3.79. The highest BCUT2D eigenvalue weighted by molar-refractivity contribution is 9.09. The van der Waals surface area contributed by atoms with E-state index >= 15 is 0 Å². The first-order valence-corrected chi connectivity index (χ1v) is 8.32. The van der Waals surface area contributed by atoms with Gasteiger partial charge in [0.2, 0.25) is 0 Å². The molecule has 2 unspecified atom stereocenters. The van der Waals surface area contributed by atoms with Crippen LogP contribution in [0.4, 0.5) is 0 Å². The minimum Gasteiger partial charge on any atom is -0.320 e. The molecule has 0 aliphatic heterocycles. The molecular formula is C16H22BrN. The minimum atomic E-state index is -0.155. The maximum absolute atomic E-state index is 6.92. The highest BCUT2D eigenvalue weighted by Gasteiger charge is 2.59. The van der Waals surface area contributed by atoms with Crippen LogP contribution in [-0.2, 0) is 0 Å². The van der Waals surface area contributed by atoms with Crippen molar-refractivity contribution in [2.45, 2.75) is 48.9 Å². The highest BCUT2D eigenvalue weighted by atomic mass is 79.9. The lowest BCUT2D eigenvalue weighted by Crippen LogP contribution is -2.65. The summed E-state index contributed by atoms with van der Waals surface area (Å²) in [5.74, 6) is 2.90. The summed E-state index contributed by atoms with van der Waals surface area (Å²) in [4.78, 5) is 0.311. The van der Waals surface area contributed by atoms with E-state index in [9.17, 15) is 0 Å². The summed E-state index contributed by atoms with van der Waals surface area (Å²) >= 11 is 3.84. The molecule has 0 aromatic carbocycles. The van der Waals surface area contributed by atoms with Crippen LogP contribution in [-0.4, -0.2) is 10.4 Å². The van der Waals surface area contributed by atoms with Gasteiger partial charge in [-0.1, -0.05) is 40.2 Å². The summed E-state index contributed by atoms with van der Waals surface area (Å²) in [5, 5.41) is 0. The Hall–Kier alpha value is -0.0800. The number of hydrogen-bond donors (Lipinski definition) is 1. The van der Waals surface area contributed by atoms with Crippen molar-refractivity contribution in [3.8, 4) is 0 Å². The molecule has 18 heavy (non-hydrogen) atoms. The van der Waals surface area contributed by atoms with E-state index in [4.69, 9.17) is 5.73 Å². The lowest BCUT2D eigenvalue weighted by atomic mass is 9.44. The number of allylic oxidation sites excluding steroid dienone is 2. The fraction of sp³-hybridized carbons (Fsp3) is 0.750. The van der Waals surface area contributed by atoms with E-state index in [0.717, 1.165) is 17.8 Å². The van der Waals surface area contributed by atoms with Crippen LogP contribution in [0.3, 0.4) is 0 Å². The Bertz CT molecular complexity index is 390. The zero-order valence-corrected chi connectivity index (χ0v) is 12.4. The summed E-state index contributed by atoms with van der Waals surface area (Å²) in [7, 11) is 0. The summed E-state index contributed by atoms with van der Waals surface area (Å²) in [6.45, 7) is 0. The zero-order chi connectivity index (χ0) is 12.4. The van der Waals surface area contributed by atoms with Crippen molar-refractivity contribution in [3.63, 3.8) is 0 Å². The number of alkyl halides is 1. The van der Waals surface area contributed by atoms with Crippen LogP contribution in [0.1, 0.15) is 38.5 Å². The zero-order valence-electron chi connectivity index (χ0n) is 10.8. The quantitative estimate of drug-likeness (QED) is 0.733. The van der Waals surface area contributed by atoms with Gasteiger partial charge in [-0.2, -0.15) is 0 Å². The van der Waals surface area contributed by atoms with Gasteiger partial charge in [-0.25, -0.2) is 0 Å². The Balaban J connectivity index is 1.75. The van der Waals surface area contributed by atoms with Crippen LogP contribution in [0, 0.1) is 23.2 Å². The van der Waals surface area contributed by atoms with Crippen LogP contribution < -0.4 is 5.73 Å². The molecule has 2 N–H and O–H groups in total. The molecule has 5 rings (SSSR count). The first-order chi connectivity index (χ1) is 8.61. The van der Waals surface area contributed by atoms with Crippen LogP contribution in [0.5, 0.6) is 0 Å². The molecule has 4 fully saturated rings. The summed E-state index contributed by atoms with van der Waals surface area (Å²) in [5.41, 5.74) is 7.13. The van der Waals surface area contributed by atoms with Crippen molar-refractivity contribution in [1.29, 1.82) is 0 Å². The maximum Gasteiger partial charge on any atom is 0.0562 e. The monoisotopic (exact) mass is 307 g/mol. The van der Waals surface area contributed by atoms with Gasteiger partial charge in [0.05, 0.1) is 10.4 Å². The molecule has 1 nitrogen and oxygen atoms in total.